The molecule has 0 N–H and O–H groups in total. The predicted octanol–water partition coefficient (Wildman–Crippen LogP) is 5.07. The number of carbonyl (C=O) groups excluding carboxylic acids is 3. The Morgan fingerprint density at radius 1 is 0.949 bits per heavy atom. The molecule has 0 radical (unpaired) electrons. The summed E-state index contributed by atoms with van der Waals surface area (Å²) in [5.74, 6) is -1.74. The molecule has 0 unspecified atom stereocenters. The number of hydrogen-bond acceptors (Lipinski definition) is 9. The molecule has 0 aromatic heterocycles. The molecular weight excluding hydrogens is 518 g/mol. The third-order valence-electron chi connectivity index (χ3n) is 6.23. The van der Waals surface area contributed by atoms with Crippen LogP contribution >= 0.6 is 11.8 Å². The number of nitrogens with zero attached hydrogens (tertiary/aromatic N) is 1. The van der Waals surface area contributed by atoms with Crippen LogP contribution in [0.25, 0.3) is 6.08 Å². The quantitative estimate of drug-likeness (QED) is 0.311. The monoisotopic (exact) mass is 551 g/mol. The molecule has 206 valence electrons. The van der Waals surface area contributed by atoms with Gasteiger partial charge in [-0.3, -0.25) is 14.4 Å². The van der Waals surface area contributed by atoms with Gasteiger partial charge in [0.25, 0.3) is 0 Å². The normalized spacial score (nSPS) is 22.6. The number of hydrogen-bond donors (Lipinski definition) is 0. The Morgan fingerprint density at radius 2 is 1.56 bits per heavy atom. The molecule has 5 atom stereocenters. The fraction of sp³-hybridized carbons (Fsp3) is 0.400. The molecule has 2 aromatic rings. The lowest BCUT2D eigenvalue weighted by Crippen LogP contribution is -2.57. The van der Waals surface area contributed by atoms with Crippen molar-refractivity contribution in [1.82, 2.24) is 0 Å². The Bertz CT molecular complexity index is 1250. The van der Waals surface area contributed by atoms with Gasteiger partial charge >= 0.3 is 17.9 Å². The second-order valence-electron chi connectivity index (χ2n) is 9.25. The van der Waals surface area contributed by atoms with Crippen molar-refractivity contribution < 1.29 is 33.3 Å². The molecule has 1 fully saturated rings. The zero-order valence-electron chi connectivity index (χ0n) is 22.7. The minimum Gasteiger partial charge on any atom is -0.455 e. The van der Waals surface area contributed by atoms with Crippen LogP contribution in [0.4, 0.5) is 0 Å². The highest BCUT2D eigenvalue weighted by molar-refractivity contribution is 7.99. The van der Waals surface area contributed by atoms with E-state index in [1.807, 2.05) is 61.5 Å². The lowest BCUT2D eigenvalue weighted by Gasteiger charge is -2.44. The van der Waals surface area contributed by atoms with Gasteiger partial charge < -0.3 is 18.9 Å². The van der Waals surface area contributed by atoms with E-state index in [9.17, 15) is 14.4 Å². The molecule has 0 bridgehead atoms. The Labute approximate surface area is 233 Å². The average molecular weight is 552 g/mol. The predicted molar refractivity (Wildman–Crippen MR) is 147 cm³/mol. The third kappa shape index (κ3) is 8.19. The fourth-order valence-electron chi connectivity index (χ4n) is 4.50. The van der Waals surface area contributed by atoms with Crippen LogP contribution in [0.5, 0.6) is 0 Å². The molecule has 8 nitrogen and oxygen atoms in total. The van der Waals surface area contributed by atoms with E-state index in [4.69, 9.17) is 24.2 Å². The molecule has 0 spiro atoms. The second-order valence-corrected chi connectivity index (χ2v) is 10.2. The molecule has 39 heavy (non-hydrogen) atoms. The van der Waals surface area contributed by atoms with Crippen molar-refractivity contribution in [2.24, 2.45) is 0 Å². The highest BCUT2D eigenvalue weighted by Crippen LogP contribution is 2.40. The van der Waals surface area contributed by atoms with Crippen LogP contribution in [0.2, 0.25) is 0 Å². The topological polar surface area (TPSA) is 112 Å². The first-order chi connectivity index (χ1) is 18.6. The van der Waals surface area contributed by atoms with E-state index >= 15 is 0 Å². The average Bonchev–Trinajstić information content (AvgIpc) is 2.88. The standard InChI is InChI=1S/C30H33NO7S/c1-18-9-14-24(17-25(18)16-23-12-10-22(11-13-23)8-6-7-15-31)26-27(35-19(2)32)28(36-20(3)33)29(37-21(4)34)30(38-26)39-5/h6,8-14,17,26-30H,7,16H2,1-5H3/b8-6+/t26-,27-,28+,29-,30+/m0/s1. The van der Waals surface area contributed by atoms with Crippen LogP contribution < -0.4 is 0 Å². The number of carbonyl (C=O) groups is 3. The summed E-state index contributed by atoms with van der Waals surface area (Å²) in [6.45, 7) is 5.80. The van der Waals surface area contributed by atoms with Gasteiger partial charge in [0.05, 0.1) is 12.5 Å². The molecule has 0 aliphatic carbocycles. The molecule has 3 rings (SSSR count). The summed E-state index contributed by atoms with van der Waals surface area (Å²) in [5, 5.41) is 8.71. The zero-order valence-corrected chi connectivity index (χ0v) is 23.5. The summed E-state index contributed by atoms with van der Waals surface area (Å²) in [5.41, 5.74) is 4.33. The van der Waals surface area contributed by atoms with Gasteiger partial charge in [0.15, 0.2) is 18.3 Å². The Hall–Kier alpha value is -3.61. The van der Waals surface area contributed by atoms with E-state index in [2.05, 4.69) is 6.07 Å². The first kappa shape index (κ1) is 29.9. The highest BCUT2D eigenvalue weighted by Gasteiger charge is 2.52. The lowest BCUT2D eigenvalue weighted by atomic mass is 9.90. The molecule has 2 aromatic carbocycles. The Morgan fingerprint density at radius 3 is 2.15 bits per heavy atom. The van der Waals surface area contributed by atoms with E-state index in [1.54, 1.807) is 6.26 Å². The van der Waals surface area contributed by atoms with Crippen molar-refractivity contribution in [1.29, 1.82) is 5.26 Å². The van der Waals surface area contributed by atoms with E-state index in [1.165, 1.54) is 32.5 Å². The van der Waals surface area contributed by atoms with Gasteiger partial charge in [0.1, 0.15) is 11.5 Å². The van der Waals surface area contributed by atoms with Crippen molar-refractivity contribution in [3.8, 4) is 6.07 Å². The van der Waals surface area contributed by atoms with Gasteiger partial charge in [-0.2, -0.15) is 5.26 Å². The molecule has 1 saturated heterocycles. The lowest BCUT2D eigenvalue weighted by molar-refractivity contribution is -0.233. The molecular formula is C30H33NO7S. The number of rotatable bonds is 9. The number of benzene rings is 2. The summed E-state index contributed by atoms with van der Waals surface area (Å²) in [4.78, 5) is 36.0. The van der Waals surface area contributed by atoms with E-state index in [-0.39, 0.29) is 0 Å². The Kier molecular flexibility index (Phi) is 10.7. The summed E-state index contributed by atoms with van der Waals surface area (Å²) < 4.78 is 23.1. The zero-order chi connectivity index (χ0) is 28.5. The molecule has 9 heteroatoms. The van der Waals surface area contributed by atoms with E-state index in [0.717, 1.165) is 27.8 Å². The molecule has 0 saturated carbocycles. The number of ether oxygens (including phenoxy) is 4. The summed E-state index contributed by atoms with van der Waals surface area (Å²) in [7, 11) is 0. The van der Waals surface area contributed by atoms with Gasteiger partial charge in [-0.25, -0.2) is 0 Å². The number of esters is 3. The Balaban J connectivity index is 1.96. The first-order valence-corrected chi connectivity index (χ1v) is 13.8. The van der Waals surface area contributed by atoms with Crippen LogP contribution in [0.15, 0.2) is 48.5 Å². The highest BCUT2D eigenvalue weighted by atomic mass is 32.2. The minimum atomic E-state index is -1.06. The SMILES string of the molecule is CS[C@H]1O[C@@H](c2ccc(C)c(Cc3ccc(/C=C/CC#N)cc3)c2)[C@H](OC(C)=O)[C@@H](OC(C)=O)[C@@H]1OC(C)=O. The maximum Gasteiger partial charge on any atom is 0.303 e. The van der Waals surface area contributed by atoms with Crippen molar-refractivity contribution in [3.63, 3.8) is 0 Å². The third-order valence-corrected chi connectivity index (χ3v) is 7.07. The van der Waals surface area contributed by atoms with Crippen molar-refractivity contribution in [2.45, 2.75) is 70.4 Å². The van der Waals surface area contributed by atoms with Crippen LogP contribution in [-0.4, -0.2) is 47.9 Å². The van der Waals surface area contributed by atoms with Crippen molar-refractivity contribution in [2.75, 3.05) is 6.26 Å². The number of thioether (sulfide) groups is 1. The maximum atomic E-state index is 12.1. The van der Waals surface area contributed by atoms with E-state index < -0.39 is 47.8 Å². The molecule has 1 aliphatic heterocycles. The maximum absolute atomic E-state index is 12.1. The van der Waals surface area contributed by atoms with Crippen LogP contribution in [-0.2, 0) is 39.8 Å². The van der Waals surface area contributed by atoms with Gasteiger partial charge in [0.2, 0.25) is 0 Å². The van der Waals surface area contributed by atoms with Gasteiger partial charge in [-0.05, 0) is 47.4 Å². The van der Waals surface area contributed by atoms with Gasteiger partial charge in [0, 0.05) is 20.8 Å². The fourth-order valence-corrected chi connectivity index (χ4v) is 5.21. The van der Waals surface area contributed by atoms with Crippen LogP contribution in [0.3, 0.4) is 0 Å². The smallest absolute Gasteiger partial charge is 0.303 e. The summed E-state index contributed by atoms with van der Waals surface area (Å²) in [6, 6.07) is 16.1. The van der Waals surface area contributed by atoms with Gasteiger partial charge in [-0.15, -0.1) is 11.8 Å². The van der Waals surface area contributed by atoms with E-state index in [0.29, 0.717) is 12.8 Å². The summed E-state index contributed by atoms with van der Waals surface area (Å²) in [6.07, 6.45) is 2.73. The van der Waals surface area contributed by atoms with Crippen molar-refractivity contribution in [3.05, 3.63) is 76.4 Å². The summed E-state index contributed by atoms with van der Waals surface area (Å²) >= 11 is 1.31. The number of allylic oxidation sites excluding steroid dienone is 1. The number of nitriles is 1. The van der Waals surface area contributed by atoms with Crippen LogP contribution in [0.1, 0.15) is 61.1 Å². The first-order valence-electron chi connectivity index (χ1n) is 12.5. The molecule has 1 aliphatic rings. The molecule has 1 heterocycles. The number of aryl methyl sites for hydroxylation is 1. The van der Waals surface area contributed by atoms with Gasteiger partial charge in [-0.1, -0.05) is 54.6 Å². The largest absolute Gasteiger partial charge is 0.455 e. The van der Waals surface area contributed by atoms with Crippen molar-refractivity contribution >= 4 is 35.7 Å². The second kappa shape index (κ2) is 14.0. The molecule has 0 amide bonds. The van der Waals surface area contributed by atoms with Crippen LogP contribution in [0, 0.1) is 18.3 Å². The minimum absolute atomic E-state index is 0.364.